The summed E-state index contributed by atoms with van der Waals surface area (Å²) in [6.07, 6.45) is 2.43. The molecule has 26 heavy (non-hydrogen) atoms. The lowest BCUT2D eigenvalue weighted by Gasteiger charge is -2.13. The van der Waals surface area contributed by atoms with Gasteiger partial charge in [0.25, 0.3) is 5.91 Å². The second kappa shape index (κ2) is 8.12. The molecule has 0 spiro atoms. The highest BCUT2D eigenvalue weighted by atomic mass is 19.1. The number of carbonyl (C=O) groups excluding carboxylic acids is 2. The summed E-state index contributed by atoms with van der Waals surface area (Å²) in [6.45, 7) is 2.72. The lowest BCUT2D eigenvalue weighted by atomic mass is 10.1. The van der Waals surface area contributed by atoms with Crippen molar-refractivity contribution < 1.29 is 18.5 Å². The zero-order chi connectivity index (χ0) is 18.5. The maximum atomic E-state index is 13.1. The molecule has 1 aliphatic rings. The van der Waals surface area contributed by atoms with E-state index in [9.17, 15) is 14.0 Å². The molecule has 0 aliphatic heterocycles. The van der Waals surface area contributed by atoms with Crippen molar-refractivity contribution in [2.24, 2.45) is 5.92 Å². The Morgan fingerprint density at radius 2 is 2.04 bits per heavy atom. The molecule has 7 heteroatoms. The van der Waals surface area contributed by atoms with Crippen LogP contribution in [0.5, 0.6) is 0 Å². The number of nitrogens with one attached hydrogen (secondary N) is 2. The van der Waals surface area contributed by atoms with Gasteiger partial charge >= 0.3 is 0 Å². The monoisotopic (exact) mass is 359 g/mol. The van der Waals surface area contributed by atoms with Crippen molar-refractivity contribution in [3.63, 3.8) is 0 Å². The maximum absolute atomic E-state index is 13.1. The molecule has 2 N–H and O–H groups in total. The highest BCUT2D eigenvalue weighted by Gasteiger charge is 2.28. The zero-order valence-electron chi connectivity index (χ0n) is 14.6. The van der Waals surface area contributed by atoms with E-state index in [0.717, 1.165) is 18.6 Å². The van der Waals surface area contributed by atoms with E-state index in [2.05, 4.69) is 15.8 Å². The van der Waals surface area contributed by atoms with E-state index < -0.39 is 5.82 Å². The summed E-state index contributed by atoms with van der Waals surface area (Å²) in [5.74, 6) is 0.454. The van der Waals surface area contributed by atoms with Crippen molar-refractivity contribution in [3.05, 3.63) is 53.2 Å². The molecule has 0 saturated heterocycles. The van der Waals surface area contributed by atoms with Crippen LogP contribution in [0.3, 0.4) is 0 Å². The van der Waals surface area contributed by atoms with Crippen molar-refractivity contribution in [1.29, 1.82) is 0 Å². The van der Waals surface area contributed by atoms with Gasteiger partial charge in [0.15, 0.2) is 0 Å². The Hall–Kier alpha value is -2.70. The molecule has 1 aromatic carbocycles. The SMILES string of the molecule is CC(CNC(=O)Cc1cc(C2CC2)on1)CNC(=O)c1cccc(F)c1. The first-order valence-electron chi connectivity index (χ1n) is 8.77. The second-order valence-corrected chi connectivity index (χ2v) is 6.80. The number of carbonyl (C=O) groups is 2. The molecule has 1 heterocycles. The van der Waals surface area contributed by atoms with Gasteiger partial charge in [0.1, 0.15) is 11.6 Å². The van der Waals surface area contributed by atoms with Gasteiger partial charge in [-0.1, -0.05) is 18.1 Å². The topological polar surface area (TPSA) is 84.2 Å². The summed E-state index contributed by atoms with van der Waals surface area (Å²) in [5.41, 5.74) is 0.912. The summed E-state index contributed by atoms with van der Waals surface area (Å²) < 4.78 is 18.4. The van der Waals surface area contributed by atoms with Gasteiger partial charge in [-0.25, -0.2) is 4.39 Å². The van der Waals surface area contributed by atoms with Crippen molar-refractivity contribution in [2.45, 2.75) is 32.1 Å². The Morgan fingerprint density at radius 1 is 1.27 bits per heavy atom. The maximum Gasteiger partial charge on any atom is 0.251 e. The number of aromatic nitrogens is 1. The molecule has 138 valence electrons. The van der Waals surface area contributed by atoms with Gasteiger partial charge in [-0.3, -0.25) is 9.59 Å². The van der Waals surface area contributed by atoms with Crippen LogP contribution in [-0.4, -0.2) is 30.1 Å². The fourth-order valence-corrected chi connectivity index (χ4v) is 2.56. The summed E-state index contributed by atoms with van der Waals surface area (Å²) >= 11 is 0. The van der Waals surface area contributed by atoms with E-state index in [1.54, 1.807) is 6.07 Å². The zero-order valence-corrected chi connectivity index (χ0v) is 14.6. The van der Waals surface area contributed by atoms with Crippen LogP contribution in [0.2, 0.25) is 0 Å². The average molecular weight is 359 g/mol. The largest absolute Gasteiger partial charge is 0.361 e. The summed E-state index contributed by atoms with van der Waals surface area (Å²) in [7, 11) is 0. The van der Waals surface area contributed by atoms with Gasteiger partial charge in [0.2, 0.25) is 5.91 Å². The Balaban J connectivity index is 1.36. The van der Waals surface area contributed by atoms with E-state index >= 15 is 0 Å². The van der Waals surface area contributed by atoms with E-state index in [-0.39, 0.29) is 29.7 Å². The Bertz CT molecular complexity index is 786. The van der Waals surface area contributed by atoms with Crippen LogP contribution in [0.1, 0.15) is 47.5 Å². The molecular formula is C19H22FN3O3. The van der Waals surface area contributed by atoms with Crippen LogP contribution in [0, 0.1) is 11.7 Å². The number of hydrogen-bond donors (Lipinski definition) is 2. The highest BCUT2D eigenvalue weighted by Crippen LogP contribution is 2.40. The minimum atomic E-state index is -0.448. The first-order chi connectivity index (χ1) is 12.5. The molecular weight excluding hydrogens is 337 g/mol. The fraction of sp³-hybridized carbons (Fsp3) is 0.421. The van der Waals surface area contributed by atoms with Gasteiger partial charge in [-0.15, -0.1) is 0 Å². The Kier molecular flexibility index (Phi) is 5.65. The van der Waals surface area contributed by atoms with Crippen molar-refractivity contribution in [1.82, 2.24) is 15.8 Å². The Labute approximate surface area is 151 Å². The molecule has 1 unspecified atom stereocenters. The number of nitrogens with zero attached hydrogens (tertiary/aromatic N) is 1. The fourth-order valence-electron chi connectivity index (χ4n) is 2.56. The standard InChI is InChI=1S/C19H22FN3O3/c1-12(11-22-19(25)14-3-2-4-15(20)7-14)10-21-18(24)9-16-8-17(26-23-16)13-5-6-13/h2-4,7-8,12-13H,5-6,9-11H2,1H3,(H,21,24)(H,22,25). The minimum absolute atomic E-state index is 0.0378. The van der Waals surface area contributed by atoms with E-state index in [0.29, 0.717) is 24.7 Å². The lowest BCUT2D eigenvalue weighted by molar-refractivity contribution is -0.120. The van der Waals surface area contributed by atoms with Crippen LogP contribution in [0.15, 0.2) is 34.9 Å². The molecule has 0 bridgehead atoms. The third kappa shape index (κ3) is 5.15. The second-order valence-electron chi connectivity index (χ2n) is 6.80. The van der Waals surface area contributed by atoms with Gasteiger partial charge in [0, 0.05) is 30.6 Å². The van der Waals surface area contributed by atoms with Crippen molar-refractivity contribution >= 4 is 11.8 Å². The Morgan fingerprint density at radius 3 is 2.77 bits per heavy atom. The molecule has 2 aromatic rings. The van der Waals surface area contributed by atoms with Crippen LogP contribution < -0.4 is 10.6 Å². The summed E-state index contributed by atoms with van der Waals surface area (Å²) in [5, 5.41) is 9.48. The quantitative estimate of drug-likeness (QED) is 0.758. The normalized spacial score (nSPS) is 14.7. The lowest BCUT2D eigenvalue weighted by Crippen LogP contribution is -2.36. The van der Waals surface area contributed by atoms with Gasteiger partial charge < -0.3 is 15.2 Å². The summed E-state index contributed by atoms with van der Waals surface area (Å²) in [4.78, 5) is 23.9. The number of hydrogen-bond acceptors (Lipinski definition) is 4. The van der Waals surface area contributed by atoms with E-state index in [1.165, 1.54) is 18.2 Å². The first-order valence-corrected chi connectivity index (χ1v) is 8.77. The van der Waals surface area contributed by atoms with Gasteiger partial charge in [0.05, 0.1) is 12.1 Å². The van der Waals surface area contributed by atoms with E-state index in [1.807, 2.05) is 13.0 Å². The van der Waals surface area contributed by atoms with Crippen LogP contribution >= 0.6 is 0 Å². The van der Waals surface area contributed by atoms with Crippen molar-refractivity contribution in [3.8, 4) is 0 Å². The average Bonchev–Trinajstić information content (AvgIpc) is 3.37. The molecule has 1 fully saturated rings. The molecule has 1 saturated carbocycles. The molecule has 0 radical (unpaired) electrons. The number of halogens is 1. The number of benzene rings is 1. The van der Waals surface area contributed by atoms with Gasteiger partial charge in [-0.05, 0) is 37.0 Å². The van der Waals surface area contributed by atoms with Crippen LogP contribution in [-0.2, 0) is 11.2 Å². The number of amides is 2. The predicted molar refractivity (Wildman–Crippen MR) is 93.1 cm³/mol. The summed E-state index contributed by atoms with van der Waals surface area (Å²) in [6, 6.07) is 7.37. The van der Waals surface area contributed by atoms with E-state index in [4.69, 9.17) is 4.52 Å². The molecule has 6 nitrogen and oxygen atoms in total. The molecule has 1 aliphatic carbocycles. The third-order valence-electron chi connectivity index (χ3n) is 4.24. The first kappa shape index (κ1) is 18.1. The minimum Gasteiger partial charge on any atom is -0.361 e. The van der Waals surface area contributed by atoms with Crippen LogP contribution in [0.25, 0.3) is 0 Å². The van der Waals surface area contributed by atoms with Gasteiger partial charge in [-0.2, -0.15) is 0 Å². The van der Waals surface area contributed by atoms with Crippen molar-refractivity contribution in [2.75, 3.05) is 13.1 Å². The molecule has 3 rings (SSSR count). The third-order valence-corrected chi connectivity index (χ3v) is 4.24. The predicted octanol–water partition coefficient (Wildman–Crippen LogP) is 2.42. The number of rotatable bonds is 8. The molecule has 1 aromatic heterocycles. The van der Waals surface area contributed by atoms with Crippen LogP contribution in [0.4, 0.5) is 4.39 Å². The smallest absolute Gasteiger partial charge is 0.251 e. The molecule has 2 amide bonds. The highest BCUT2D eigenvalue weighted by molar-refractivity contribution is 5.94. The molecule has 1 atom stereocenters.